The van der Waals surface area contributed by atoms with Crippen molar-refractivity contribution in [1.29, 1.82) is 0 Å². The average Bonchev–Trinajstić information content (AvgIpc) is 2.51. The van der Waals surface area contributed by atoms with Crippen LogP contribution in [-0.4, -0.2) is 15.1 Å². The Bertz CT molecular complexity index is 871. The molecule has 1 aromatic carbocycles. The van der Waals surface area contributed by atoms with Crippen LogP contribution in [-0.2, 0) is 36.7 Å². The first kappa shape index (κ1) is 17.3. The predicted octanol–water partition coefficient (Wildman–Crippen LogP) is 1.68. The van der Waals surface area contributed by atoms with E-state index in [0.29, 0.717) is 21.3 Å². The van der Waals surface area contributed by atoms with Crippen LogP contribution in [0, 0.1) is 0 Å². The van der Waals surface area contributed by atoms with E-state index in [1.807, 2.05) is 0 Å². The zero-order valence-corrected chi connectivity index (χ0v) is 14.0. The highest BCUT2D eigenvalue weighted by atomic mass is 35.5. The second-order valence-electron chi connectivity index (χ2n) is 4.96. The molecule has 0 radical (unpaired) electrons. The lowest BCUT2D eigenvalue weighted by Gasteiger charge is -2.10. The van der Waals surface area contributed by atoms with Crippen molar-refractivity contribution < 1.29 is 9.53 Å². The van der Waals surface area contributed by atoms with Gasteiger partial charge in [-0.15, -0.1) is 0 Å². The molecule has 0 aliphatic heterocycles. The summed E-state index contributed by atoms with van der Waals surface area (Å²) < 4.78 is 7.34. The Kier molecular flexibility index (Phi) is 5.28. The molecule has 0 aliphatic carbocycles. The lowest BCUT2D eigenvalue weighted by atomic mass is 10.1. The third-order valence-electron chi connectivity index (χ3n) is 3.34. The van der Waals surface area contributed by atoms with Gasteiger partial charge in [0, 0.05) is 20.2 Å². The van der Waals surface area contributed by atoms with Gasteiger partial charge in [-0.05, 0) is 17.7 Å². The standard InChI is InChI=1S/C15H14Cl2N2O4/c1-18-10(7-13(20)19(2)15(18)22)8-23-14(21)6-9-3-4-11(16)12(17)5-9/h3-5,7H,6,8H2,1-2H3. The van der Waals surface area contributed by atoms with Crippen LogP contribution in [0.3, 0.4) is 0 Å². The summed E-state index contributed by atoms with van der Waals surface area (Å²) in [4.78, 5) is 35.2. The molecule has 23 heavy (non-hydrogen) atoms. The number of hydrogen-bond donors (Lipinski definition) is 0. The summed E-state index contributed by atoms with van der Waals surface area (Å²) in [5, 5.41) is 0.754. The minimum Gasteiger partial charge on any atom is -0.459 e. The predicted molar refractivity (Wildman–Crippen MR) is 86.9 cm³/mol. The topological polar surface area (TPSA) is 70.3 Å². The number of nitrogens with zero attached hydrogens (tertiary/aromatic N) is 2. The smallest absolute Gasteiger partial charge is 0.330 e. The summed E-state index contributed by atoms with van der Waals surface area (Å²) in [5.41, 5.74) is 0.0412. The zero-order valence-electron chi connectivity index (χ0n) is 12.5. The second-order valence-corrected chi connectivity index (χ2v) is 5.77. The number of carbonyl (C=O) groups excluding carboxylic acids is 1. The number of aromatic nitrogens is 2. The number of ether oxygens (including phenoxy) is 1. The summed E-state index contributed by atoms with van der Waals surface area (Å²) in [6.45, 7) is -0.165. The van der Waals surface area contributed by atoms with Crippen molar-refractivity contribution >= 4 is 29.2 Å². The normalized spacial score (nSPS) is 10.6. The van der Waals surface area contributed by atoms with Crippen LogP contribution in [0.2, 0.25) is 10.0 Å². The summed E-state index contributed by atoms with van der Waals surface area (Å²) in [6.07, 6.45) is 0.00960. The molecule has 0 fully saturated rings. The monoisotopic (exact) mass is 356 g/mol. The van der Waals surface area contributed by atoms with Crippen molar-refractivity contribution in [3.05, 3.63) is 66.4 Å². The fourth-order valence-electron chi connectivity index (χ4n) is 1.94. The molecule has 0 atom stereocenters. The summed E-state index contributed by atoms with van der Waals surface area (Å²) in [6, 6.07) is 6.10. The van der Waals surface area contributed by atoms with E-state index in [9.17, 15) is 14.4 Å². The van der Waals surface area contributed by atoms with Gasteiger partial charge in [-0.3, -0.25) is 18.7 Å². The van der Waals surface area contributed by atoms with Gasteiger partial charge in [-0.1, -0.05) is 29.3 Å². The van der Waals surface area contributed by atoms with Crippen LogP contribution in [0.15, 0.2) is 33.9 Å². The number of hydrogen-bond acceptors (Lipinski definition) is 4. The van der Waals surface area contributed by atoms with Crippen molar-refractivity contribution in [3.8, 4) is 0 Å². The minimum absolute atomic E-state index is 0.00960. The van der Waals surface area contributed by atoms with Crippen LogP contribution in [0.4, 0.5) is 0 Å². The SMILES string of the molecule is Cn1c(COC(=O)Cc2ccc(Cl)c(Cl)c2)cc(=O)n(C)c1=O. The van der Waals surface area contributed by atoms with Gasteiger partial charge in [0.1, 0.15) is 6.61 Å². The molecule has 0 saturated heterocycles. The highest BCUT2D eigenvalue weighted by Crippen LogP contribution is 2.22. The van der Waals surface area contributed by atoms with E-state index in [2.05, 4.69) is 0 Å². The molecule has 0 spiro atoms. The van der Waals surface area contributed by atoms with E-state index in [-0.39, 0.29) is 13.0 Å². The Hall–Kier alpha value is -2.05. The van der Waals surface area contributed by atoms with E-state index in [0.717, 1.165) is 4.57 Å². The molecular weight excluding hydrogens is 343 g/mol. The Morgan fingerprint density at radius 2 is 1.78 bits per heavy atom. The highest BCUT2D eigenvalue weighted by Gasteiger charge is 2.10. The molecule has 0 amide bonds. The number of carbonyl (C=O) groups is 1. The zero-order chi connectivity index (χ0) is 17.1. The van der Waals surface area contributed by atoms with Gasteiger partial charge in [-0.25, -0.2) is 4.79 Å². The highest BCUT2D eigenvalue weighted by molar-refractivity contribution is 6.42. The Morgan fingerprint density at radius 3 is 2.43 bits per heavy atom. The lowest BCUT2D eigenvalue weighted by molar-refractivity contribution is -0.144. The largest absolute Gasteiger partial charge is 0.459 e. The average molecular weight is 357 g/mol. The van der Waals surface area contributed by atoms with Gasteiger partial charge in [0.25, 0.3) is 5.56 Å². The molecular formula is C15H14Cl2N2O4. The molecule has 2 rings (SSSR count). The van der Waals surface area contributed by atoms with Gasteiger partial charge in [0.15, 0.2) is 0 Å². The lowest BCUT2D eigenvalue weighted by Crippen LogP contribution is -2.38. The maximum atomic E-state index is 11.9. The first-order valence-electron chi connectivity index (χ1n) is 6.65. The summed E-state index contributed by atoms with van der Waals surface area (Å²) >= 11 is 11.7. The van der Waals surface area contributed by atoms with Crippen molar-refractivity contribution in [2.75, 3.05) is 0 Å². The molecule has 6 nitrogen and oxygen atoms in total. The maximum absolute atomic E-state index is 11.9. The van der Waals surface area contributed by atoms with Gasteiger partial charge >= 0.3 is 11.7 Å². The number of benzene rings is 1. The minimum atomic E-state index is -0.503. The third-order valence-corrected chi connectivity index (χ3v) is 4.08. The van der Waals surface area contributed by atoms with Gasteiger partial charge in [0.2, 0.25) is 0 Å². The Labute approximate surface area is 141 Å². The van der Waals surface area contributed by atoms with Gasteiger partial charge in [0.05, 0.1) is 22.2 Å². The van der Waals surface area contributed by atoms with E-state index >= 15 is 0 Å². The van der Waals surface area contributed by atoms with Crippen molar-refractivity contribution in [2.45, 2.75) is 13.0 Å². The second kappa shape index (κ2) is 7.02. The molecule has 0 N–H and O–H groups in total. The molecule has 0 bridgehead atoms. The van der Waals surface area contributed by atoms with Crippen molar-refractivity contribution in [1.82, 2.24) is 9.13 Å². The third kappa shape index (κ3) is 4.03. The van der Waals surface area contributed by atoms with E-state index < -0.39 is 17.2 Å². The quantitative estimate of drug-likeness (QED) is 0.781. The van der Waals surface area contributed by atoms with Crippen LogP contribution in [0.5, 0.6) is 0 Å². The molecule has 8 heteroatoms. The van der Waals surface area contributed by atoms with Crippen LogP contribution in [0.1, 0.15) is 11.3 Å². The van der Waals surface area contributed by atoms with Gasteiger partial charge < -0.3 is 4.74 Å². The first-order chi connectivity index (χ1) is 10.8. The summed E-state index contributed by atoms with van der Waals surface area (Å²) in [5.74, 6) is -0.503. The Balaban J connectivity index is 2.06. The van der Waals surface area contributed by atoms with Crippen LogP contribution < -0.4 is 11.2 Å². The van der Waals surface area contributed by atoms with Crippen molar-refractivity contribution in [2.24, 2.45) is 14.1 Å². The molecule has 0 saturated carbocycles. The molecule has 0 aliphatic rings. The molecule has 122 valence electrons. The molecule has 0 unspecified atom stereocenters. The first-order valence-corrected chi connectivity index (χ1v) is 7.40. The van der Waals surface area contributed by atoms with E-state index in [1.54, 1.807) is 18.2 Å². The van der Waals surface area contributed by atoms with Gasteiger partial charge in [-0.2, -0.15) is 0 Å². The number of rotatable bonds is 4. The number of esters is 1. The number of halogens is 2. The Morgan fingerprint density at radius 1 is 1.09 bits per heavy atom. The molecule has 1 heterocycles. The molecule has 2 aromatic rings. The maximum Gasteiger partial charge on any atom is 0.330 e. The van der Waals surface area contributed by atoms with Crippen LogP contribution in [0.25, 0.3) is 0 Å². The summed E-state index contributed by atoms with van der Waals surface area (Å²) in [7, 11) is 2.88. The fraction of sp³-hybridized carbons (Fsp3) is 0.267. The fourth-order valence-corrected chi connectivity index (χ4v) is 2.26. The van der Waals surface area contributed by atoms with Crippen LogP contribution >= 0.6 is 23.2 Å². The van der Waals surface area contributed by atoms with E-state index in [4.69, 9.17) is 27.9 Å². The van der Waals surface area contributed by atoms with E-state index in [1.165, 1.54) is 24.7 Å². The van der Waals surface area contributed by atoms with Crippen molar-refractivity contribution in [3.63, 3.8) is 0 Å². The molecule has 1 aromatic heterocycles.